The van der Waals surface area contributed by atoms with Crippen molar-refractivity contribution in [2.24, 2.45) is 0 Å². The van der Waals surface area contributed by atoms with Crippen LogP contribution in [0.5, 0.6) is 11.5 Å². The zero-order valence-corrected chi connectivity index (χ0v) is 16.1. The van der Waals surface area contributed by atoms with Gasteiger partial charge in [-0.3, -0.25) is 9.59 Å². The first-order valence-electron chi connectivity index (χ1n) is 8.36. The Morgan fingerprint density at radius 2 is 1.57 bits per heavy atom. The summed E-state index contributed by atoms with van der Waals surface area (Å²) in [5.41, 5.74) is 1.37. The van der Waals surface area contributed by atoms with Crippen molar-refractivity contribution >= 4 is 23.5 Å². The van der Waals surface area contributed by atoms with Crippen molar-refractivity contribution in [3.05, 3.63) is 53.6 Å². The van der Waals surface area contributed by atoms with Crippen LogP contribution in [0.25, 0.3) is 0 Å². The number of benzene rings is 2. The molecule has 2 aromatic rings. The molecule has 0 radical (unpaired) electrons. The van der Waals surface area contributed by atoms with E-state index in [1.54, 1.807) is 38.4 Å². The molecule has 0 saturated carbocycles. The SMILES string of the molecule is COC(=O)c1ccc(OCC(=O)Nc2ccc(C(=O)N(C)C)cc2)c(OC)c1. The predicted octanol–water partition coefficient (Wildman–Crippen LogP) is 2.20. The molecule has 8 heteroatoms. The summed E-state index contributed by atoms with van der Waals surface area (Å²) in [7, 11) is 6.05. The van der Waals surface area contributed by atoms with E-state index in [2.05, 4.69) is 10.1 Å². The summed E-state index contributed by atoms with van der Waals surface area (Å²) in [6.45, 7) is -0.258. The molecule has 0 atom stereocenters. The maximum Gasteiger partial charge on any atom is 0.337 e. The molecule has 2 amide bonds. The predicted molar refractivity (Wildman–Crippen MR) is 103 cm³/mol. The first-order chi connectivity index (χ1) is 13.3. The zero-order valence-electron chi connectivity index (χ0n) is 16.1. The van der Waals surface area contributed by atoms with Gasteiger partial charge in [-0.15, -0.1) is 0 Å². The Labute approximate surface area is 163 Å². The highest BCUT2D eigenvalue weighted by Crippen LogP contribution is 2.28. The summed E-state index contributed by atoms with van der Waals surface area (Å²) >= 11 is 0. The molecule has 2 rings (SSSR count). The molecule has 0 aliphatic heterocycles. The number of carbonyl (C=O) groups excluding carboxylic acids is 3. The summed E-state index contributed by atoms with van der Waals surface area (Å²) in [4.78, 5) is 37.0. The van der Waals surface area contributed by atoms with E-state index in [0.29, 0.717) is 28.3 Å². The van der Waals surface area contributed by atoms with E-state index in [4.69, 9.17) is 9.47 Å². The van der Waals surface area contributed by atoms with Crippen LogP contribution in [0.2, 0.25) is 0 Å². The smallest absolute Gasteiger partial charge is 0.337 e. The van der Waals surface area contributed by atoms with Crippen molar-refractivity contribution in [2.75, 3.05) is 40.2 Å². The number of methoxy groups -OCH3 is 2. The van der Waals surface area contributed by atoms with Crippen molar-refractivity contribution in [3.8, 4) is 11.5 Å². The Hall–Kier alpha value is -3.55. The number of esters is 1. The van der Waals surface area contributed by atoms with Crippen LogP contribution >= 0.6 is 0 Å². The molecule has 0 aromatic heterocycles. The molecule has 1 N–H and O–H groups in total. The Kier molecular flexibility index (Phi) is 6.97. The number of anilines is 1. The van der Waals surface area contributed by atoms with Crippen molar-refractivity contribution < 1.29 is 28.6 Å². The summed E-state index contributed by atoms with van der Waals surface area (Å²) in [6, 6.07) is 11.1. The minimum absolute atomic E-state index is 0.122. The number of rotatable bonds is 7. The fraction of sp³-hybridized carbons (Fsp3) is 0.250. The Morgan fingerprint density at radius 3 is 2.14 bits per heavy atom. The summed E-state index contributed by atoms with van der Waals surface area (Å²) < 4.78 is 15.3. The quantitative estimate of drug-likeness (QED) is 0.733. The minimum atomic E-state index is -0.501. The zero-order chi connectivity index (χ0) is 20.7. The van der Waals surface area contributed by atoms with Gasteiger partial charge < -0.3 is 24.4 Å². The fourth-order valence-corrected chi connectivity index (χ4v) is 2.33. The normalized spacial score (nSPS) is 10.0. The van der Waals surface area contributed by atoms with Gasteiger partial charge >= 0.3 is 5.97 Å². The number of hydrogen-bond donors (Lipinski definition) is 1. The number of carbonyl (C=O) groups is 3. The second-order valence-electron chi connectivity index (χ2n) is 5.97. The van der Waals surface area contributed by atoms with Gasteiger partial charge in [0.15, 0.2) is 18.1 Å². The Morgan fingerprint density at radius 1 is 0.929 bits per heavy atom. The first kappa shape index (κ1) is 20.8. The maximum absolute atomic E-state index is 12.1. The van der Waals surface area contributed by atoms with Crippen LogP contribution in [0.4, 0.5) is 5.69 Å². The molecular weight excluding hydrogens is 364 g/mol. The molecular formula is C20H22N2O6. The summed E-state index contributed by atoms with van der Waals surface area (Å²) in [5.74, 6) is -0.382. The van der Waals surface area contributed by atoms with E-state index >= 15 is 0 Å². The molecule has 8 nitrogen and oxygen atoms in total. The number of ether oxygens (including phenoxy) is 3. The lowest BCUT2D eigenvalue weighted by Gasteiger charge is -2.12. The lowest BCUT2D eigenvalue weighted by Crippen LogP contribution is -2.22. The summed E-state index contributed by atoms with van der Waals surface area (Å²) in [6.07, 6.45) is 0. The highest BCUT2D eigenvalue weighted by atomic mass is 16.5. The van der Waals surface area contributed by atoms with E-state index < -0.39 is 5.97 Å². The number of hydrogen-bond acceptors (Lipinski definition) is 6. The Balaban J connectivity index is 1.97. The van der Waals surface area contributed by atoms with Crippen LogP contribution in [-0.4, -0.2) is 57.6 Å². The van der Waals surface area contributed by atoms with Crippen LogP contribution in [0.3, 0.4) is 0 Å². The van der Waals surface area contributed by atoms with Crippen molar-refractivity contribution in [1.29, 1.82) is 0 Å². The highest BCUT2D eigenvalue weighted by Gasteiger charge is 2.13. The van der Waals surface area contributed by atoms with Crippen LogP contribution in [0.1, 0.15) is 20.7 Å². The van der Waals surface area contributed by atoms with E-state index in [9.17, 15) is 14.4 Å². The summed E-state index contributed by atoms with van der Waals surface area (Å²) in [5, 5.41) is 2.68. The largest absolute Gasteiger partial charge is 0.493 e. The molecule has 28 heavy (non-hydrogen) atoms. The van der Waals surface area contributed by atoms with Gasteiger partial charge in [0.1, 0.15) is 0 Å². The van der Waals surface area contributed by atoms with Crippen LogP contribution in [0.15, 0.2) is 42.5 Å². The van der Waals surface area contributed by atoms with Crippen molar-refractivity contribution in [3.63, 3.8) is 0 Å². The first-order valence-corrected chi connectivity index (χ1v) is 8.36. The third kappa shape index (κ3) is 5.23. The lowest BCUT2D eigenvalue weighted by atomic mass is 10.2. The molecule has 148 valence electrons. The van der Waals surface area contributed by atoms with Gasteiger partial charge in [0.05, 0.1) is 19.8 Å². The third-order valence-corrected chi connectivity index (χ3v) is 3.77. The Bertz CT molecular complexity index is 861. The van der Waals surface area contributed by atoms with Gasteiger partial charge in [-0.1, -0.05) is 0 Å². The van der Waals surface area contributed by atoms with Gasteiger partial charge in [0, 0.05) is 25.3 Å². The molecule has 0 fully saturated rings. The molecule has 0 spiro atoms. The minimum Gasteiger partial charge on any atom is -0.493 e. The average Bonchev–Trinajstić information content (AvgIpc) is 2.71. The molecule has 0 aliphatic rings. The maximum atomic E-state index is 12.1. The second kappa shape index (κ2) is 9.40. The van der Waals surface area contributed by atoms with Crippen molar-refractivity contribution in [2.45, 2.75) is 0 Å². The van der Waals surface area contributed by atoms with E-state index in [0.717, 1.165) is 0 Å². The average molecular weight is 386 g/mol. The topological polar surface area (TPSA) is 94.2 Å². The van der Waals surface area contributed by atoms with Gasteiger partial charge in [-0.25, -0.2) is 4.79 Å². The number of amides is 2. The molecule has 2 aromatic carbocycles. The second-order valence-corrected chi connectivity index (χ2v) is 5.97. The number of nitrogens with zero attached hydrogens (tertiary/aromatic N) is 1. The van der Waals surface area contributed by atoms with Crippen LogP contribution in [0, 0.1) is 0 Å². The van der Waals surface area contributed by atoms with Crippen LogP contribution < -0.4 is 14.8 Å². The molecule has 0 unspecified atom stereocenters. The van der Waals surface area contributed by atoms with E-state index in [1.165, 1.54) is 37.3 Å². The molecule has 0 aliphatic carbocycles. The molecule has 0 heterocycles. The highest BCUT2D eigenvalue weighted by molar-refractivity contribution is 5.96. The molecule has 0 bridgehead atoms. The van der Waals surface area contributed by atoms with Gasteiger partial charge in [0.2, 0.25) is 0 Å². The number of nitrogens with one attached hydrogen (secondary N) is 1. The lowest BCUT2D eigenvalue weighted by molar-refractivity contribution is -0.118. The third-order valence-electron chi connectivity index (χ3n) is 3.77. The van der Waals surface area contributed by atoms with Gasteiger partial charge in [0.25, 0.3) is 11.8 Å². The van der Waals surface area contributed by atoms with Gasteiger partial charge in [-0.05, 0) is 42.5 Å². The van der Waals surface area contributed by atoms with E-state index in [-0.39, 0.29) is 18.4 Å². The van der Waals surface area contributed by atoms with Gasteiger partial charge in [-0.2, -0.15) is 0 Å². The standard InChI is InChI=1S/C20H22N2O6/c1-22(2)19(24)13-5-8-15(9-6-13)21-18(23)12-28-16-10-7-14(20(25)27-4)11-17(16)26-3/h5-11H,12H2,1-4H3,(H,21,23). The fourth-order valence-electron chi connectivity index (χ4n) is 2.33. The monoisotopic (exact) mass is 386 g/mol. The van der Waals surface area contributed by atoms with Crippen LogP contribution in [-0.2, 0) is 9.53 Å². The van der Waals surface area contributed by atoms with Crippen molar-refractivity contribution in [1.82, 2.24) is 4.90 Å². The van der Waals surface area contributed by atoms with E-state index in [1.807, 2.05) is 0 Å². The molecule has 0 saturated heterocycles.